The van der Waals surface area contributed by atoms with E-state index < -0.39 is 28.5 Å². The molecule has 1 aromatic heterocycles. The van der Waals surface area contributed by atoms with Crippen molar-refractivity contribution in [1.82, 2.24) is 9.97 Å². The second-order valence-corrected chi connectivity index (χ2v) is 3.29. The van der Waals surface area contributed by atoms with E-state index in [0.717, 1.165) is 0 Å². The Morgan fingerprint density at radius 3 is 2.35 bits per heavy atom. The number of hydrogen-bond donors (Lipinski definition) is 2. The third-order valence-electron chi connectivity index (χ3n) is 2.15. The Balaban J connectivity index is 2.60. The Morgan fingerprint density at radius 1 is 1.06 bits per heavy atom. The average Bonchev–Trinajstić information content (AvgIpc) is 2.34. The Kier molecular flexibility index (Phi) is 2.70. The van der Waals surface area contributed by atoms with Crippen molar-refractivity contribution in [3.05, 3.63) is 68.2 Å². The van der Waals surface area contributed by atoms with Crippen LogP contribution >= 0.6 is 0 Å². The maximum absolute atomic E-state index is 13.4. The molecule has 6 heteroatoms. The molecule has 2 N–H and O–H groups in total. The fraction of sp³-hybridized carbons (Fsp3) is 0. The highest BCUT2D eigenvalue weighted by atomic mass is 19.1. The van der Waals surface area contributed by atoms with Crippen LogP contribution in [0.15, 0.2) is 39.9 Å². The standard InChI is InChI=1S/C11H7FN2O3/c12-7-8(13-11(17)14-10(7)16)9(15)6-4-2-1-3-5-6/h1-5H,(H2,13,14,16,17). The van der Waals surface area contributed by atoms with Crippen molar-refractivity contribution in [1.29, 1.82) is 0 Å². The molecule has 2 aromatic rings. The van der Waals surface area contributed by atoms with Gasteiger partial charge in [0.2, 0.25) is 11.6 Å². The van der Waals surface area contributed by atoms with E-state index in [1.165, 1.54) is 12.1 Å². The van der Waals surface area contributed by atoms with Gasteiger partial charge in [0.1, 0.15) is 5.69 Å². The molecule has 0 aliphatic carbocycles. The van der Waals surface area contributed by atoms with Gasteiger partial charge in [0.25, 0.3) is 5.56 Å². The number of ketones is 1. The summed E-state index contributed by atoms with van der Waals surface area (Å²) in [6, 6.07) is 7.79. The van der Waals surface area contributed by atoms with Crippen LogP contribution in [-0.4, -0.2) is 15.8 Å². The van der Waals surface area contributed by atoms with Crippen LogP contribution in [0.25, 0.3) is 0 Å². The van der Waals surface area contributed by atoms with Gasteiger partial charge in [-0.3, -0.25) is 14.6 Å². The highest BCUT2D eigenvalue weighted by Crippen LogP contribution is 2.07. The van der Waals surface area contributed by atoms with Crippen LogP contribution < -0.4 is 11.2 Å². The van der Waals surface area contributed by atoms with Crippen molar-refractivity contribution in [2.45, 2.75) is 0 Å². The number of carbonyl (C=O) groups excluding carboxylic acids is 1. The molecule has 0 saturated heterocycles. The zero-order chi connectivity index (χ0) is 12.4. The highest BCUT2D eigenvalue weighted by Gasteiger charge is 2.17. The molecule has 1 heterocycles. The van der Waals surface area contributed by atoms with Crippen molar-refractivity contribution < 1.29 is 9.18 Å². The normalized spacial score (nSPS) is 10.2. The summed E-state index contributed by atoms with van der Waals surface area (Å²) in [4.78, 5) is 37.4. The van der Waals surface area contributed by atoms with Gasteiger partial charge in [-0.25, -0.2) is 4.79 Å². The largest absolute Gasteiger partial charge is 0.326 e. The van der Waals surface area contributed by atoms with Gasteiger partial charge in [0, 0.05) is 5.56 Å². The fourth-order valence-electron chi connectivity index (χ4n) is 1.36. The molecule has 0 aliphatic rings. The SMILES string of the molecule is O=C(c1ccccc1)c1[nH]c(=O)[nH]c(=O)c1F. The van der Waals surface area contributed by atoms with Crippen LogP contribution in [0.5, 0.6) is 0 Å². The maximum Gasteiger partial charge on any atom is 0.326 e. The Morgan fingerprint density at radius 2 is 1.71 bits per heavy atom. The molecule has 0 saturated carbocycles. The van der Waals surface area contributed by atoms with E-state index in [2.05, 4.69) is 0 Å². The number of carbonyl (C=O) groups is 1. The van der Waals surface area contributed by atoms with Gasteiger partial charge in [-0.05, 0) is 0 Å². The second kappa shape index (κ2) is 4.17. The summed E-state index contributed by atoms with van der Waals surface area (Å²) in [6.07, 6.45) is 0. The first-order chi connectivity index (χ1) is 8.09. The zero-order valence-electron chi connectivity index (χ0n) is 8.49. The van der Waals surface area contributed by atoms with Gasteiger partial charge >= 0.3 is 5.69 Å². The van der Waals surface area contributed by atoms with Crippen molar-refractivity contribution in [3.8, 4) is 0 Å². The van der Waals surface area contributed by atoms with Gasteiger partial charge in [-0.15, -0.1) is 0 Å². The zero-order valence-corrected chi connectivity index (χ0v) is 8.49. The molecule has 0 fully saturated rings. The van der Waals surface area contributed by atoms with Gasteiger partial charge in [0.15, 0.2) is 0 Å². The van der Waals surface area contributed by atoms with Crippen LogP contribution in [0.3, 0.4) is 0 Å². The molecule has 0 amide bonds. The van der Waals surface area contributed by atoms with Crippen molar-refractivity contribution in [2.75, 3.05) is 0 Å². The topological polar surface area (TPSA) is 82.8 Å². The summed E-state index contributed by atoms with van der Waals surface area (Å²) in [7, 11) is 0. The predicted octanol–water partition coefficient (Wildman–Crippen LogP) is 0.433. The van der Waals surface area contributed by atoms with Crippen LogP contribution in [0.4, 0.5) is 4.39 Å². The average molecular weight is 234 g/mol. The van der Waals surface area contributed by atoms with Gasteiger partial charge in [-0.1, -0.05) is 30.3 Å². The number of aromatic nitrogens is 2. The lowest BCUT2D eigenvalue weighted by Gasteiger charge is -2.00. The molecule has 0 atom stereocenters. The fourth-order valence-corrected chi connectivity index (χ4v) is 1.36. The highest BCUT2D eigenvalue weighted by molar-refractivity contribution is 6.07. The van der Waals surface area contributed by atoms with E-state index in [1.54, 1.807) is 23.2 Å². The molecule has 5 nitrogen and oxygen atoms in total. The monoisotopic (exact) mass is 234 g/mol. The van der Waals surface area contributed by atoms with Crippen molar-refractivity contribution in [3.63, 3.8) is 0 Å². The number of hydrogen-bond acceptors (Lipinski definition) is 3. The molecule has 0 unspecified atom stereocenters. The minimum atomic E-state index is -1.29. The number of aromatic amines is 2. The van der Waals surface area contributed by atoms with Gasteiger partial charge < -0.3 is 4.98 Å². The second-order valence-electron chi connectivity index (χ2n) is 3.29. The number of H-pyrrole nitrogens is 2. The molecular weight excluding hydrogens is 227 g/mol. The van der Waals surface area contributed by atoms with Crippen molar-refractivity contribution in [2.24, 2.45) is 0 Å². The van der Waals surface area contributed by atoms with Crippen LogP contribution in [0.2, 0.25) is 0 Å². The summed E-state index contributed by atoms with van der Waals surface area (Å²) in [5.74, 6) is -2.04. The third-order valence-corrected chi connectivity index (χ3v) is 2.15. The molecule has 0 radical (unpaired) electrons. The van der Waals surface area contributed by atoms with Gasteiger partial charge in [0.05, 0.1) is 0 Å². The maximum atomic E-state index is 13.4. The summed E-state index contributed by atoms with van der Waals surface area (Å²) in [6.45, 7) is 0. The molecule has 0 aliphatic heterocycles. The molecule has 0 spiro atoms. The first kappa shape index (κ1) is 11.0. The van der Waals surface area contributed by atoms with Gasteiger partial charge in [-0.2, -0.15) is 4.39 Å². The minimum absolute atomic E-state index is 0.188. The molecule has 2 rings (SSSR count). The van der Waals surface area contributed by atoms with Crippen LogP contribution in [0.1, 0.15) is 16.1 Å². The molecular formula is C11H7FN2O3. The summed E-state index contributed by atoms with van der Waals surface area (Å²) < 4.78 is 13.4. The lowest BCUT2D eigenvalue weighted by molar-refractivity contribution is 0.102. The number of halogens is 1. The van der Waals surface area contributed by atoms with E-state index in [1.807, 2.05) is 4.98 Å². The van der Waals surface area contributed by atoms with E-state index in [4.69, 9.17) is 0 Å². The minimum Gasteiger partial charge on any atom is -0.301 e. The Labute approximate surface area is 93.9 Å². The van der Waals surface area contributed by atoms with Crippen LogP contribution in [-0.2, 0) is 0 Å². The third kappa shape index (κ3) is 2.05. The number of nitrogens with one attached hydrogen (secondary N) is 2. The molecule has 86 valence electrons. The number of benzene rings is 1. The predicted molar refractivity (Wildman–Crippen MR) is 57.5 cm³/mol. The lowest BCUT2D eigenvalue weighted by Crippen LogP contribution is -2.29. The molecule has 17 heavy (non-hydrogen) atoms. The van der Waals surface area contributed by atoms with E-state index in [9.17, 15) is 18.8 Å². The Hall–Kier alpha value is -2.50. The first-order valence-corrected chi connectivity index (χ1v) is 4.71. The quantitative estimate of drug-likeness (QED) is 0.739. The molecule has 0 bridgehead atoms. The number of rotatable bonds is 2. The van der Waals surface area contributed by atoms with E-state index >= 15 is 0 Å². The summed E-state index contributed by atoms with van der Waals surface area (Å²) in [5.41, 5.74) is -2.58. The summed E-state index contributed by atoms with van der Waals surface area (Å²) in [5, 5.41) is 0. The Bertz CT molecular complexity index is 673. The van der Waals surface area contributed by atoms with E-state index in [-0.39, 0.29) is 5.56 Å². The van der Waals surface area contributed by atoms with Crippen molar-refractivity contribution >= 4 is 5.78 Å². The summed E-state index contributed by atoms with van der Waals surface area (Å²) >= 11 is 0. The molecule has 1 aromatic carbocycles. The smallest absolute Gasteiger partial charge is 0.301 e. The lowest BCUT2D eigenvalue weighted by atomic mass is 10.1. The first-order valence-electron chi connectivity index (χ1n) is 4.71. The van der Waals surface area contributed by atoms with Crippen LogP contribution in [0, 0.1) is 5.82 Å². The van der Waals surface area contributed by atoms with E-state index in [0.29, 0.717) is 0 Å².